The van der Waals surface area contributed by atoms with E-state index in [0.29, 0.717) is 16.6 Å². The first-order valence-corrected chi connectivity index (χ1v) is 10.0. The molecule has 0 fully saturated rings. The van der Waals surface area contributed by atoms with Crippen LogP contribution in [0.1, 0.15) is 42.5 Å². The molecule has 32 heavy (non-hydrogen) atoms. The second-order valence-corrected chi connectivity index (χ2v) is 8.21. The summed E-state index contributed by atoms with van der Waals surface area (Å²) >= 11 is 0. The average molecular weight is 432 g/mol. The van der Waals surface area contributed by atoms with Crippen LogP contribution in [0.3, 0.4) is 0 Å². The lowest BCUT2D eigenvalue weighted by molar-refractivity contribution is -0.142. The van der Waals surface area contributed by atoms with E-state index in [9.17, 15) is 20.0 Å². The highest BCUT2D eigenvalue weighted by Crippen LogP contribution is 2.22. The molecule has 1 amide bonds. The summed E-state index contributed by atoms with van der Waals surface area (Å²) in [5, 5.41) is 22.1. The number of carbonyl (C=O) groups excluding carboxylic acids is 2. The van der Waals surface area contributed by atoms with Crippen molar-refractivity contribution in [3.05, 3.63) is 71.2 Å². The van der Waals surface area contributed by atoms with Crippen LogP contribution in [0.5, 0.6) is 0 Å². The van der Waals surface area contributed by atoms with Crippen molar-refractivity contribution in [1.29, 1.82) is 5.26 Å². The number of fused-ring (bicyclic) bond motifs is 1. The first-order chi connectivity index (χ1) is 15.2. The summed E-state index contributed by atoms with van der Waals surface area (Å²) in [5.41, 5.74) is 2.70. The number of aromatic nitrogens is 2. The van der Waals surface area contributed by atoms with Crippen molar-refractivity contribution in [1.82, 2.24) is 15.3 Å². The number of nitrogens with zero attached hydrogens (tertiary/aromatic N) is 2. The van der Waals surface area contributed by atoms with Gasteiger partial charge in [-0.25, -0.2) is 4.98 Å². The molecule has 8 heteroatoms. The zero-order valence-electron chi connectivity index (χ0n) is 18.1. The monoisotopic (exact) mass is 432 g/mol. The standard InChI is InChI=1S/C24H24N4O4/c1-24(2,3)16-10-8-15(9-11-16)23(31)26-13-21(30)32-14-20(29)17(12-25)22-27-18-6-4-5-7-19(18)28-22/h4-11,29H,13-14H2,1-3H3,(H,26,31)(H,27,28)/b20-17-. The number of aliphatic hydroxyl groups excluding tert-OH is 1. The smallest absolute Gasteiger partial charge is 0.325 e. The Morgan fingerprint density at radius 2 is 1.84 bits per heavy atom. The maximum Gasteiger partial charge on any atom is 0.325 e. The van der Waals surface area contributed by atoms with Crippen molar-refractivity contribution in [3.8, 4) is 6.07 Å². The minimum atomic E-state index is -0.752. The molecule has 8 nitrogen and oxygen atoms in total. The van der Waals surface area contributed by atoms with E-state index in [1.54, 1.807) is 30.3 Å². The van der Waals surface area contributed by atoms with Crippen LogP contribution in [0.15, 0.2) is 54.3 Å². The fourth-order valence-corrected chi connectivity index (χ4v) is 2.97. The van der Waals surface area contributed by atoms with Gasteiger partial charge in [-0.1, -0.05) is 45.0 Å². The largest absolute Gasteiger partial charge is 0.507 e. The highest BCUT2D eigenvalue weighted by atomic mass is 16.5. The van der Waals surface area contributed by atoms with Crippen molar-refractivity contribution in [2.45, 2.75) is 26.2 Å². The number of esters is 1. The second-order valence-electron chi connectivity index (χ2n) is 8.21. The predicted molar refractivity (Wildman–Crippen MR) is 120 cm³/mol. The Labute approximate surface area is 185 Å². The number of amides is 1. The van der Waals surface area contributed by atoms with Crippen molar-refractivity contribution < 1.29 is 19.4 Å². The Morgan fingerprint density at radius 1 is 1.16 bits per heavy atom. The summed E-state index contributed by atoms with van der Waals surface area (Å²) in [5.74, 6) is -1.43. The lowest BCUT2D eigenvalue weighted by Gasteiger charge is -2.19. The fourth-order valence-electron chi connectivity index (χ4n) is 2.97. The molecule has 0 aliphatic heterocycles. The maximum absolute atomic E-state index is 12.2. The van der Waals surface area contributed by atoms with Crippen LogP contribution in [0.25, 0.3) is 16.6 Å². The van der Waals surface area contributed by atoms with Gasteiger partial charge in [0.1, 0.15) is 24.8 Å². The molecule has 0 atom stereocenters. The average Bonchev–Trinajstić information content (AvgIpc) is 3.19. The number of aliphatic hydroxyl groups is 1. The van der Waals surface area contributed by atoms with Crippen LogP contribution in [-0.4, -0.2) is 40.1 Å². The van der Waals surface area contributed by atoms with Crippen LogP contribution in [0.2, 0.25) is 0 Å². The predicted octanol–water partition coefficient (Wildman–Crippen LogP) is 3.63. The van der Waals surface area contributed by atoms with Gasteiger partial charge in [-0.2, -0.15) is 5.26 Å². The molecule has 3 aromatic rings. The summed E-state index contributed by atoms with van der Waals surface area (Å²) in [7, 11) is 0. The van der Waals surface area contributed by atoms with Crippen LogP contribution in [0, 0.1) is 11.3 Å². The molecular weight excluding hydrogens is 408 g/mol. The number of rotatable bonds is 6. The van der Waals surface area contributed by atoms with Gasteiger partial charge >= 0.3 is 5.97 Å². The number of benzene rings is 2. The second kappa shape index (κ2) is 9.35. The van der Waals surface area contributed by atoms with Gasteiger partial charge in [0, 0.05) is 5.56 Å². The summed E-state index contributed by atoms with van der Waals surface area (Å²) in [6.45, 7) is 5.34. The number of nitriles is 1. The van der Waals surface area contributed by atoms with E-state index in [1.807, 2.05) is 24.3 Å². The van der Waals surface area contributed by atoms with Crippen molar-refractivity contribution >= 4 is 28.5 Å². The Morgan fingerprint density at radius 3 is 2.47 bits per heavy atom. The van der Waals surface area contributed by atoms with Gasteiger partial charge in [0.05, 0.1) is 11.0 Å². The third kappa shape index (κ3) is 5.32. The van der Waals surface area contributed by atoms with E-state index >= 15 is 0 Å². The zero-order valence-corrected chi connectivity index (χ0v) is 18.1. The van der Waals surface area contributed by atoms with Gasteiger partial charge < -0.3 is 20.1 Å². The molecule has 164 valence electrons. The van der Waals surface area contributed by atoms with Crippen LogP contribution in [0.4, 0.5) is 0 Å². The summed E-state index contributed by atoms with van der Waals surface area (Å²) < 4.78 is 4.98. The van der Waals surface area contributed by atoms with Gasteiger partial charge in [-0.15, -0.1) is 0 Å². The Kier molecular flexibility index (Phi) is 6.59. The first-order valence-electron chi connectivity index (χ1n) is 10.0. The van der Waals surface area contributed by atoms with E-state index < -0.39 is 24.2 Å². The number of para-hydroxylation sites is 2. The molecule has 0 bridgehead atoms. The summed E-state index contributed by atoms with van der Waals surface area (Å²) in [6.07, 6.45) is 0. The number of allylic oxidation sites excluding steroid dienone is 1. The molecule has 3 rings (SSSR count). The summed E-state index contributed by atoms with van der Waals surface area (Å²) in [4.78, 5) is 31.4. The number of aromatic amines is 1. The van der Waals surface area contributed by atoms with E-state index in [0.717, 1.165) is 5.56 Å². The van der Waals surface area contributed by atoms with Gasteiger partial charge in [0.15, 0.2) is 11.6 Å². The number of H-pyrrole nitrogens is 1. The van der Waals surface area contributed by atoms with Crippen molar-refractivity contribution in [2.24, 2.45) is 0 Å². The van der Waals surface area contributed by atoms with Crippen molar-refractivity contribution in [3.63, 3.8) is 0 Å². The number of hydrogen-bond donors (Lipinski definition) is 3. The lowest BCUT2D eigenvalue weighted by Crippen LogP contribution is -2.31. The molecule has 1 heterocycles. The van der Waals surface area contributed by atoms with Gasteiger partial charge in [-0.3, -0.25) is 9.59 Å². The molecule has 1 aromatic heterocycles. The number of imidazole rings is 1. The minimum absolute atomic E-state index is 0.0288. The first kappa shape index (κ1) is 22.6. The number of hydrogen-bond acceptors (Lipinski definition) is 6. The Balaban J connectivity index is 1.56. The molecule has 0 spiro atoms. The molecule has 0 aliphatic rings. The number of nitrogens with one attached hydrogen (secondary N) is 2. The molecule has 2 aromatic carbocycles. The highest BCUT2D eigenvalue weighted by Gasteiger charge is 2.17. The Hall–Kier alpha value is -4.12. The van der Waals surface area contributed by atoms with Gasteiger partial charge in [0.25, 0.3) is 5.91 Å². The van der Waals surface area contributed by atoms with Gasteiger partial charge in [0.2, 0.25) is 0 Å². The normalized spacial score (nSPS) is 12.1. The molecule has 0 radical (unpaired) electrons. The van der Waals surface area contributed by atoms with Crippen LogP contribution >= 0.6 is 0 Å². The molecule has 0 saturated heterocycles. The Bertz CT molecular complexity index is 1180. The topological polar surface area (TPSA) is 128 Å². The third-order valence-electron chi connectivity index (χ3n) is 4.80. The summed E-state index contributed by atoms with van der Waals surface area (Å²) in [6, 6.07) is 16.2. The van der Waals surface area contributed by atoms with Gasteiger partial charge in [-0.05, 0) is 35.2 Å². The number of carbonyl (C=O) groups is 2. The van der Waals surface area contributed by atoms with E-state index in [2.05, 4.69) is 36.1 Å². The SMILES string of the molecule is CC(C)(C)c1ccc(C(=O)NCC(=O)OC/C(O)=C(\C#N)c2nc3ccccc3[nH]2)cc1. The quantitative estimate of drug-likeness (QED) is 0.310. The molecular formula is C24H24N4O4. The molecule has 0 saturated carbocycles. The number of ether oxygens (including phenoxy) is 1. The van der Waals surface area contributed by atoms with Crippen LogP contribution < -0.4 is 5.32 Å². The molecule has 3 N–H and O–H groups in total. The lowest BCUT2D eigenvalue weighted by atomic mass is 9.87. The third-order valence-corrected chi connectivity index (χ3v) is 4.80. The molecule has 0 aliphatic carbocycles. The van der Waals surface area contributed by atoms with E-state index in [-0.39, 0.29) is 23.4 Å². The van der Waals surface area contributed by atoms with E-state index in [1.165, 1.54) is 0 Å². The minimum Gasteiger partial charge on any atom is -0.507 e. The van der Waals surface area contributed by atoms with Crippen LogP contribution in [-0.2, 0) is 14.9 Å². The molecule has 0 unspecified atom stereocenters. The maximum atomic E-state index is 12.2. The fraction of sp³-hybridized carbons (Fsp3) is 0.250. The van der Waals surface area contributed by atoms with E-state index in [4.69, 9.17) is 4.74 Å². The zero-order chi connectivity index (χ0) is 23.3. The highest BCUT2D eigenvalue weighted by molar-refractivity contribution is 5.96. The van der Waals surface area contributed by atoms with Crippen molar-refractivity contribution in [2.75, 3.05) is 13.2 Å².